The van der Waals surface area contributed by atoms with E-state index in [1.807, 2.05) is 6.20 Å². The van der Waals surface area contributed by atoms with Gasteiger partial charge in [0.1, 0.15) is 0 Å². The zero-order chi connectivity index (χ0) is 9.97. The van der Waals surface area contributed by atoms with Crippen molar-refractivity contribution >= 4 is 16.5 Å². The summed E-state index contributed by atoms with van der Waals surface area (Å²) in [5, 5.41) is 1.22. The van der Waals surface area contributed by atoms with E-state index in [4.69, 9.17) is 5.73 Å². The summed E-state index contributed by atoms with van der Waals surface area (Å²) < 4.78 is 0. The molecule has 0 spiro atoms. The third kappa shape index (κ3) is 1.56. The number of benzene rings is 1. The van der Waals surface area contributed by atoms with Crippen LogP contribution < -0.4 is 5.73 Å². The van der Waals surface area contributed by atoms with Crippen molar-refractivity contribution in [2.75, 3.05) is 6.54 Å². The Balaban J connectivity index is 2.38. The van der Waals surface area contributed by atoms with Crippen molar-refractivity contribution in [2.45, 2.75) is 6.42 Å². The molecule has 3 N–H and O–H groups in total. The van der Waals surface area contributed by atoms with Crippen LogP contribution in [0.2, 0.25) is 0 Å². The van der Waals surface area contributed by atoms with Crippen LogP contribution in [0.3, 0.4) is 0 Å². The van der Waals surface area contributed by atoms with Crippen LogP contribution in [0, 0.1) is 0 Å². The topological polar surface area (TPSA) is 41.8 Å². The molecule has 1 heterocycles. The Bertz CT molecular complexity index is 454. The van der Waals surface area contributed by atoms with Crippen LogP contribution in [0.4, 0.5) is 0 Å². The second kappa shape index (κ2) is 3.68. The summed E-state index contributed by atoms with van der Waals surface area (Å²) in [6, 6.07) is 8.36. The lowest BCUT2D eigenvalue weighted by Gasteiger charge is -2.03. The lowest BCUT2D eigenvalue weighted by molar-refractivity contribution is 1.02. The first kappa shape index (κ1) is 9.03. The fourth-order valence-corrected chi connectivity index (χ4v) is 1.59. The minimum absolute atomic E-state index is 0.657. The van der Waals surface area contributed by atoms with Crippen molar-refractivity contribution in [3.05, 3.63) is 42.6 Å². The molecule has 1 aromatic heterocycles. The van der Waals surface area contributed by atoms with Crippen LogP contribution in [-0.2, 0) is 0 Å². The number of aromatic nitrogens is 1. The van der Waals surface area contributed by atoms with Gasteiger partial charge < -0.3 is 10.7 Å². The maximum atomic E-state index is 5.49. The van der Waals surface area contributed by atoms with Gasteiger partial charge in [-0.2, -0.15) is 0 Å². The quantitative estimate of drug-likeness (QED) is 0.760. The Kier molecular flexibility index (Phi) is 2.37. The highest BCUT2D eigenvalue weighted by molar-refractivity contribution is 5.83. The number of nitrogens with one attached hydrogen (secondary N) is 1. The van der Waals surface area contributed by atoms with Crippen molar-refractivity contribution in [3.8, 4) is 0 Å². The summed E-state index contributed by atoms with van der Waals surface area (Å²) in [5.74, 6) is 0. The average molecular weight is 186 g/mol. The average Bonchev–Trinajstić information content (AvgIpc) is 2.64. The number of nitrogens with two attached hydrogens (primary N) is 1. The Hall–Kier alpha value is -1.54. The van der Waals surface area contributed by atoms with Crippen molar-refractivity contribution in [2.24, 2.45) is 5.73 Å². The van der Waals surface area contributed by atoms with E-state index >= 15 is 0 Å². The van der Waals surface area contributed by atoms with Crippen molar-refractivity contribution in [1.82, 2.24) is 4.98 Å². The summed E-state index contributed by atoms with van der Waals surface area (Å²) in [5.41, 5.74) is 8.94. The first-order valence-corrected chi connectivity index (χ1v) is 4.76. The SMILES string of the molecule is C=C(CCN)c1ccc2[nH]ccc2c1. The summed E-state index contributed by atoms with van der Waals surface area (Å²) in [4.78, 5) is 3.16. The van der Waals surface area contributed by atoms with E-state index in [1.165, 1.54) is 10.9 Å². The smallest absolute Gasteiger partial charge is 0.0454 e. The van der Waals surface area contributed by atoms with Gasteiger partial charge in [0.15, 0.2) is 0 Å². The van der Waals surface area contributed by atoms with Crippen LogP contribution in [0.15, 0.2) is 37.0 Å². The molecule has 0 aliphatic carbocycles. The highest BCUT2D eigenvalue weighted by Crippen LogP contribution is 2.20. The molecule has 2 aromatic rings. The van der Waals surface area contributed by atoms with E-state index in [0.717, 1.165) is 17.5 Å². The number of hydrogen-bond donors (Lipinski definition) is 2. The Morgan fingerprint density at radius 2 is 2.21 bits per heavy atom. The predicted molar refractivity (Wildman–Crippen MR) is 61.0 cm³/mol. The summed E-state index contributed by atoms with van der Waals surface area (Å²) in [6.45, 7) is 4.67. The molecular weight excluding hydrogens is 172 g/mol. The van der Waals surface area contributed by atoms with Crippen LogP contribution in [-0.4, -0.2) is 11.5 Å². The molecule has 1 aromatic carbocycles. The molecule has 0 amide bonds. The van der Waals surface area contributed by atoms with Crippen LogP contribution >= 0.6 is 0 Å². The van der Waals surface area contributed by atoms with Gasteiger partial charge in [-0.25, -0.2) is 0 Å². The fraction of sp³-hybridized carbons (Fsp3) is 0.167. The number of rotatable bonds is 3. The molecule has 14 heavy (non-hydrogen) atoms. The summed E-state index contributed by atoms with van der Waals surface area (Å²) >= 11 is 0. The lowest BCUT2D eigenvalue weighted by Crippen LogP contribution is -1.99. The second-order valence-electron chi connectivity index (χ2n) is 3.42. The normalized spacial score (nSPS) is 10.6. The first-order chi connectivity index (χ1) is 6.81. The molecule has 0 aliphatic heterocycles. The Morgan fingerprint density at radius 1 is 1.36 bits per heavy atom. The zero-order valence-corrected chi connectivity index (χ0v) is 8.09. The van der Waals surface area contributed by atoms with Crippen LogP contribution in [0.5, 0.6) is 0 Å². The van der Waals surface area contributed by atoms with Crippen LogP contribution in [0.1, 0.15) is 12.0 Å². The predicted octanol–water partition coefficient (Wildman–Crippen LogP) is 2.53. The standard InChI is InChI=1S/C12H14N2/c1-9(4-6-13)10-2-3-12-11(8-10)5-7-14-12/h2-3,5,7-8,14H,1,4,6,13H2. The maximum Gasteiger partial charge on any atom is 0.0454 e. The van der Waals surface area contributed by atoms with E-state index in [-0.39, 0.29) is 0 Å². The van der Waals surface area contributed by atoms with Crippen molar-refractivity contribution < 1.29 is 0 Å². The number of fused-ring (bicyclic) bond motifs is 1. The molecular formula is C12H14N2. The van der Waals surface area contributed by atoms with Gasteiger partial charge in [0.25, 0.3) is 0 Å². The van der Waals surface area contributed by atoms with Gasteiger partial charge in [0.2, 0.25) is 0 Å². The second-order valence-corrected chi connectivity index (χ2v) is 3.42. The highest BCUT2D eigenvalue weighted by Gasteiger charge is 2.00. The number of hydrogen-bond acceptors (Lipinski definition) is 1. The van der Waals surface area contributed by atoms with E-state index in [2.05, 4.69) is 35.8 Å². The minimum Gasteiger partial charge on any atom is -0.361 e. The Labute approximate surface area is 83.4 Å². The lowest BCUT2D eigenvalue weighted by atomic mass is 10.0. The molecule has 0 saturated heterocycles. The van der Waals surface area contributed by atoms with Gasteiger partial charge in [-0.1, -0.05) is 12.6 Å². The molecule has 0 unspecified atom stereocenters. The molecule has 2 heteroatoms. The molecule has 72 valence electrons. The first-order valence-electron chi connectivity index (χ1n) is 4.76. The summed E-state index contributed by atoms with van der Waals surface area (Å²) in [7, 11) is 0. The van der Waals surface area contributed by atoms with Gasteiger partial charge in [-0.05, 0) is 47.7 Å². The van der Waals surface area contributed by atoms with Gasteiger partial charge in [-0.15, -0.1) is 0 Å². The molecule has 0 aliphatic rings. The largest absolute Gasteiger partial charge is 0.361 e. The molecule has 2 nitrogen and oxygen atoms in total. The van der Waals surface area contributed by atoms with E-state index in [1.54, 1.807) is 0 Å². The van der Waals surface area contributed by atoms with E-state index in [9.17, 15) is 0 Å². The van der Waals surface area contributed by atoms with Crippen molar-refractivity contribution in [1.29, 1.82) is 0 Å². The summed E-state index contributed by atoms with van der Waals surface area (Å²) in [6.07, 6.45) is 2.80. The van der Waals surface area contributed by atoms with E-state index in [0.29, 0.717) is 6.54 Å². The third-order valence-electron chi connectivity index (χ3n) is 2.41. The highest BCUT2D eigenvalue weighted by atomic mass is 14.7. The van der Waals surface area contributed by atoms with Crippen molar-refractivity contribution in [3.63, 3.8) is 0 Å². The fourth-order valence-electron chi connectivity index (χ4n) is 1.59. The molecule has 0 bridgehead atoms. The number of aromatic amines is 1. The molecule has 0 radical (unpaired) electrons. The monoisotopic (exact) mass is 186 g/mol. The minimum atomic E-state index is 0.657. The molecule has 0 saturated carbocycles. The molecule has 0 fully saturated rings. The van der Waals surface area contributed by atoms with Gasteiger partial charge >= 0.3 is 0 Å². The third-order valence-corrected chi connectivity index (χ3v) is 2.41. The van der Waals surface area contributed by atoms with Gasteiger partial charge in [0, 0.05) is 11.7 Å². The molecule has 0 atom stereocenters. The molecule has 2 rings (SSSR count). The van der Waals surface area contributed by atoms with Gasteiger partial charge in [-0.3, -0.25) is 0 Å². The number of H-pyrrole nitrogens is 1. The Morgan fingerprint density at radius 3 is 3.00 bits per heavy atom. The van der Waals surface area contributed by atoms with Gasteiger partial charge in [0.05, 0.1) is 0 Å². The van der Waals surface area contributed by atoms with Crippen LogP contribution in [0.25, 0.3) is 16.5 Å². The maximum absolute atomic E-state index is 5.49. The zero-order valence-electron chi connectivity index (χ0n) is 8.09. The van der Waals surface area contributed by atoms with E-state index < -0.39 is 0 Å².